The van der Waals surface area contributed by atoms with Crippen molar-refractivity contribution in [3.8, 4) is 5.75 Å². The van der Waals surface area contributed by atoms with Gasteiger partial charge in [0.2, 0.25) is 0 Å². The van der Waals surface area contributed by atoms with Crippen LogP contribution in [0.3, 0.4) is 0 Å². The molecule has 0 aromatic heterocycles. The molecule has 0 aliphatic carbocycles. The first-order valence-corrected chi connectivity index (χ1v) is 10.2. The molecule has 1 heterocycles. The summed E-state index contributed by atoms with van der Waals surface area (Å²) in [7, 11) is -1.11. The number of halogens is 3. The minimum absolute atomic E-state index is 0.269. The summed E-state index contributed by atoms with van der Waals surface area (Å²) in [6.07, 6.45) is 0.284. The van der Waals surface area contributed by atoms with Gasteiger partial charge in [0.1, 0.15) is 11.5 Å². The fourth-order valence-corrected chi connectivity index (χ4v) is 3.52. The Labute approximate surface area is 181 Å². The summed E-state index contributed by atoms with van der Waals surface area (Å²) in [5.74, 6) is 0.713. The van der Waals surface area contributed by atoms with Gasteiger partial charge in [-0.1, -0.05) is 47.5 Å². The molecule has 0 N–H and O–H groups in total. The minimum Gasteiger partial charge on any atom is -0.493 e. The van der Waals surface area contributed by atoms with E-state index in [1.54, 1.807) is 18.2 Å². The zero-order valence-electron chi connectivity index (χ0n) is 17.0. The summed E-state index contributed by atoms with van der Waals surface area (Å²) in [6.45, 7) is 7.80. The summed E-state index contributed by atoms with van der Waals surface area (Å²) < 4.78 is 33.2. The number of rotatable bonds is 6. The SMILES string of the molecule is CC1(C)OB(C(F)=C(CCOc2ccccc2)c2ccc(Cl)cc2Cl)OC1(C)C. The van der Waals surface area contributed by atoms with Crippen molar-refractivity contribution in [3.05, 3.63) is 69.9 Å². The van der Waals surface area contributed by atoms with Crippen LogP contribution in [-0.4, -0.2) is 24.9 Å². The lowest BCUT2D eigenvalue weighted by atomic mass is 9.82. The minimum atomic E-state index is -1.11. The van der Waals surface area contributed by atoms with E-state index in [-0.39, 0.29) is 13.0 Å². The Balaban J connectivity index is 1.90. The summed E-state index contributed by atoms with van der Waals surface area (Å²) in [5.41, 5.74) is -0.889. The maximum absolute atomic E-state index is 15.6. The zero-order valence-corrected chi connectivity index (χ0v) is 18.5. The first kappa shape index (κ1) is 22.2. The Bertz CT molecular complexity index is 884. The van der Waals surface area contributed by atoms with Crippen LogP contribution in [0.2, 0.25) is 10.0 Å². The molecule has 29 heavy (non-hydrogen) atoms. The van der Waals surface area contributed by atoms with Gasteiger partial charge in [-0.2, -0.15) is 0 Å². The highest BCUT2D eigenvalue weighted by molar-refractivity contribution is 6.55. The fraction of sp³-hybridized carbons (Fsp3) is 0.364. The maximum Gasteiger partial charge on any atom is 0.525 e. The van der Waals surface area contributed by atoms with Gasteiger partial charge in [0.05, 0.1) is 17.8 Å². The highest BCUT2D eigenvalue weighted by Crippen LogP contribution is 2.41. The smallest absolute Gasteiger partial charge is 0.493 e. The molecule has 0 amide bonds. The lowest BCUT2D eigenvalue weighted by molar-refractivity contribution is 0.00578. The lowest BCUT2D eigenvalue weighted by Crippen LogP contribution is -2.41. The molecule has 0 atom stereocenters. The third-order valence-corrected chi connectivity index (χ3v) is 5.92. The van der Waals surface area contributed by atoms with Crippen molar-refractivity contribution in [1.29, 1.82) is 0 Å². The summed E-state index contributed by atoms with van der Waals surface area (Å²) in [5, 5.41) is 0.841. The predicted octanol–water partition coefficient (Wildman–Crippen LogP) is 6.77. The second-order valence-corrected chi connectivity index (χ2v) is 8.79. The molecule has 154 valence electrons. The lowest BCUT2D eigenvalue weighted by Gasteiger charge is -2.32. The molecule has 1 fully saturated rings. The van der Waals surface area contributed by atoms with Crippen LogP contribution in [0.25, 0.3) is 5.57 Å². The van der Waals surface area contributed by atoms with Crippen molar-refractivity contribution in [2.45, 2.75) is 45.3 Å². The molecule has 7 heteroatoms. The molecule has 2 aromatic carbocycles. The van der Waals surface area contributed by atoms with Crippen LogP contribution in [-0.2, 0) is 9.31 Å². The van der Waals surface area contributed by atoms with E-state index in [0.29, 0.717) is 26.9 Å². The molecule has 0 spiro atoms. The Morgan fingerprint density at radius 1 is 1.00 bits per heavy atom. The van der Waals surface area contributed by atoms with Crippen LogP contribution in [0.15, 0.2) is 54.3 Å². The molecule has 3 rings (SSSR count). The molecular weight excluding hydrogens is 413 g/mol. The van der Waals surface area contributed by atoms with Gasteiger partial charge in [-0.25, -0.2) is 4.39 Å². The van der Waals surface area contributed by atoms with E-state index in [2.05, 4.69) is 0 Å². The average molecular weight is 437 g/mol. The fourth-order valence-electron chi connectivity index (χ4n) is 2.99. The van der Waals surface area contributed by atoms with Crippen molar-refractivity contribution >= 4 is 35.9 Å². The van der Waals surface area contributed by atoms with Crippen molar-refractivity contribution in [2.24, 2.45) is 0 Å². The van der Waals surface area contributed by atoms with E-state index in [9.17, 15) is 0 Å². The van der Waals surface area contributed by atoms with E-state index in [1.165, 1.54) is 0 Å². The monoisotopic (exact) mass is 436 g/mol. The van der Waals surface area contributed by atoms with Gasteiger partial charge < -0.3 is 14.0 Å². The van der Waals surface area contributed by atoms with Crippen molar-refractivity contribution in [3.63, 3.8) is 0 Å². The second-order valence-electron chi connectivity index (χ2n) is 7.95. The number of para-hydroxylation sites is 1. The Kier molecular flexibility index (Phi) is 6.64. The van der Waals surface area contributed by atoms with Gasteiger partial charge in [-0.15, -0.1) is 0 Å². The third kappa shape index (κ3) is 4.97. The highest BCUT2D eigenvalue weighted by atomic mass is 35.5. The van der Waals surface area contributed by atoms with Gasteiger partial charge >= 0.3 is 7.12 Å². The topological polar surface area (TPSA) is 27.7 Å². The first-order chi connectivity index (χ1) is 13.6. The van der Waals surface area contributed by atoms with Gasteiger partial charge in [-0.3, -0.25) is 0 Å². The average Bonchev–Trinajstić information content (AvgIpc) is 2.87. The van der Waals surface area contributed by atoms with Crippen molar-refractivity contribution in [1.82, 2.24) is 0 Å². The van der Waals surface area contributed by atoms with E-state index in [1.807, 2.05) is 58.0 Å². The Morgan fingerprint density at radius 2 is 1.62 bits per heavy atom. The Morgan fingerprint density at radius 3 is 2.21 bits per heavy atom. The van der Waals surface area contributed by atoms with Gasteiger partial charge in [-0.05, 0) is 63.1 Å². The molecule has 0 unspecified atom stereocenters. The molecule has 2 aromatic rings. The van der Waals surface area contributed by atoms with Crippen LogP contribution in [0, 0.1) is 0 Å². The Hall–Kier alpha value is -1.53. The largest absolute Gasteiger partial charge is 0.525 e. The summed E-state index contributed by atoms with van der Waals surface area (Å²) in [6, 6.07) is 14.3. The molecule has 1 aliphatic rings. The van der Waals surface area contributed by atoms with Crippen LogP contribution in [0.4, 0.5) is 4.39 Å². The van der Waals surface area contributed by atoms with Crippen LogP contribution >= 0.6 is 23.2 Å². The van der Waals surface area contributed by atoms with E-state index in [0.717, 1.165) is 0 Å². The van der Waals surface area contributed by atoms with Crippen LogP contribution < -0.4 is 4.74 Å². The maximum atomic E-state index is 15.6. The van der Waals surface area contributed by atoms with Gasteiger partial charge in [0.25, 0.3) is 0 Å². The molecule has 3 nitrogen and oxygen atoms in total. The van der Waals surface area contributed by atoms with Crippen molar-refractivity contribution < 1.29 is 18.4 Å². The van der Waals surface area contributed by atoms with Crippen LogP contribution in [0.5, 0.6) is 5.75 Å². The van der Waals surface area contributed by atoms with Gasteiger partial charge in [0, 0.05) is 16.5 Å². The highest BCUT2D eigenvalue weighted by Gasteiger charge is 2.53. The standard InChI is InChI=1S/C22H24BCl2FO3/c1-21(2)22(3,4)29-23(28-21)20(26)18(17-11-10-15(24)14-19(17)25)12-13-27-16-8-6-5-7-9-16/h5-11,14H,12-13H2,1-4H3. The van der Waals surface area contributed by atoms with E-state index >= 15 is 4.39 Å². The first-order valence-electron chi connectivity index (χ1n) is 9.48. The molecule has 1 saturated heterocycles. The molecule has 0 saturated carbocycles. The summed E-state index contributed by atoms with van der Waals surface area (Å²) in [4.78, 5) is 0. The predicted molar refractivity (Wildman–Crippen MR) is 117 cm³/mol. The number of benzene rings is 2. The van der Waals surface area contributed by atoms with Gasteiger partial charge in [0.15, 0.2) is 0 Å². The normalized spacial score (nSPS) is 18.5. The zero-order chi connectivity index (χ0) is 21.2. The number of hydrogen-bond acceptors (Lipinski definition) is 3. The van der Waals surface area contributed by atoms with Crippen molar-refractivity contribution in [2.75, 3.05) is 6.61 Å². The molecule has 1 aliphatic heterocycles. The summed E-state index contributed by atoms with van der Waals surface area (Å²) >= 11 is 12.4. The number of hydrogen-bond donors (Lipinski definition) is 0. The molecule has 0 bridgehead atoms. The molecular formula is C22H24BCl2FO3. The second kappa shape index (κ2) is 8.69. The van der Waals surface area contributed by atoms with E-state index in [4.69, 9.17) is 37.2 Å². The quantitative estimate of drug-likeness (QED) is 0.467. The van der Waals surface area contributed by atoms with Crippen LogP contribution in [0.1, 0.15) is 39.7 Å². The molecule has 0 radical (unpaired) electrons. The third-order valence-electron chi connectivity index (χ3n) is 5.37. The number of ether oxygens (including phenoxy) is 1. The van der Waals surface area contributed by atoms with E-state index < -0.39 is 24.0 Å².